The van der Waals surface area contributed by atoms with E-state index in [0.717, 1.165) is 74.6 Å². The highest BCUT2D eigenvalue weighted by atomic mass is 32.2. The van der Waals surface area contributed by atoms with Crippen molar-refractivity contribution in [1.29, 1.82) is 0 Å². The van der Waals surface area contributed by atoms with E-state index in [2.05, 4.69) is 0 Å². The molecule has 0 aliphatic heterocycles. The van der Waals surface area contributed by atoms with Crippen molar-refractivity contribution in [2.75, 3.05) is 42.7 Å². The van der Waals surface area contributed by atoms with Gasteiger partial charge in [-0.25, -0.2) is 3.63 Å². The number of phenols is 2. The number of benzene rings is 2. The van der Waals surface area contributed by atoms with Crippen LogP contribution in [0.15, 0.2) is 48.5 Å². The molecule has 244 valence electrons. The van der Waals surface area contributed by atoms with Gasteiger partial charge in [-0.3, -0.25) is 0 Å². The minimum atomic E-state index is -2.56. The maximum absolute atomic E-state index is 9.82. The molecule has 0 bridgehead atoms. The fraction of sp³-hybridized carbons (Fsp3) is 0.600. The van der Waals surface area contributed by atoms with Crippen molar-refractivity contribution in [1.82, 2.24) is 0 Å². The van der Waals surface area contributed by atoms with E-state index >= 15 is 0 Å². The molecule has 0 radical (unpaired) electrons. The van der Waals surface area contributed by atoms with Crippen molar-refractivity contribution in [2.45, 2.75) is 74.0 Å². The number of hydrogen-bond acceptors (Lipinski definition) is 11. The van der Waals surface area contributed by atoms with Gasteiger partial charge in [0, 0.05) is 78.8 Å². The van der Waals surface area contributed by atoms with Crippen LogP contribution in [-0.4, -0.2) is 70.5 Å². The van der Waals surface area contributed by atoms with Gasteiger partial charge in [0.2, 0.25) is 0 Å². The molecule has 0 heterocycles. The van der Waals surface area contributed by atoms with E-state index in [1.54, 1.807) is 66.9 Å². The van der Waals surface area contributed by atoms with Crippen LogP contribution < -0.4 is 0 Å². The number of unbranched alkanes of at least 4 members (excludes halogenated alkanes) is 4. The summed E-state index contributed by atoms with van der Waals surface area (Å²) in [6.07, 6.45) is 7.80. The van der Waals surface area contributed by atoms with Crippen LogP contribution in [0.5, 0.6) is 11.5 Å². The molecule has 2 N–H and O–H groups in total. The summed E-state index contributed by atoms with van der Waals surface area (Å²) >= 11 is 2.92. The maximum Gasteiger partial charge on any atom is 0.500 e. The van der Waals surface area contributed by atoms with Crippen LogP contribution in [0, 0.1) is 0 Å². The van der Waals surface area contributed by atoms with E-state index in [1.807, 2.05) is 24.3 Å². The molecular formula is C30H50O9S2Si2. The largest absolute Gasteiger partial charge is 0.508 e. The zero-order valence-corrected chi connectivity index (χ0v) is 30.0. The van der Waals surface area contributed by atoms with Crippen molar-refractivity contribution in [3.8, 4) is 11.5 Å². The Morgan fingerprint density at radius 3 is 1.14 bits per heavy atom. The Balaban J connectivity index is 1.96. The van der Waals surface area contributed by atoms with E-state index in [0.29, 0.717) is 0 Å². The predicted octanol–water partition coefficient (Wildman–Crippen LogP) is 8.07. The average Bonchev–Trinajstić information content (AvgIpc) is 3.04. The summed E-state index contributed by atoms with van der Waals surface area (Å²) in [4.78, 5) is 0. The van der Waals surface area contributed by atoms with E-state index in [9.17, 15) is 10.2 Å². The number of aromatic hydroxyl groups is 2. The highest BCUT2D eigenvalue weighted by Crippen LogP contribution is 2.43. The first kappa shape index (κ1) is 38.1. The summed E-state index contributed by atoms with van der Waals surface area (Å²) in [5.74, 6) is 0.494. The fourth-order valence-corrected chi connectivity index (χ4v) is 10.4. The molecule has 9 nitrogen and oxygen atoms in total. The van der Waals surface area contributed by atoms with E-state index in [4.69, 9.17) is 30.2 Å². The Labute approximate surface area is 269 Å². The summed E-state index contributed by atoms with van der Waals surface area (Å²) in [7, 11) is 4.76. The van der Waals surface area contributed by atoms with Crippen LogP contribution in [0.25, 0.3) is 0 Å². The number of hydrogen-bond donors (Lipinski definition) is 2. The molecule has 2 rings (SSSR count). The van der Waals surface area contributed by atoms with Crippen molar-refractivity contribution in [3.05, 3.63) is 59.7 Å². The Hall–Kier alpha value is -1.11. The molecule has 0 aromatic heterocycles. The summed E-state index contributed by atoms with van der Waals surface area (Å²) in [6, 6.07) is 16.3. The van der Waals surface area contributed by atoms with Gasteiger partial charge in [-0.2, -0.15) is 0 Å². The van der Waals surface area contributed by atoms with Gasteiger partial charge < -0.3 is 36.8 Å². The summed E-state index contributed by atoms with van der Waals surface area (Å²) < 4.78 is 39.6. The molecule has 2 aromatic rings. The molecule has 2 unspecified atom stereocenters. The third-order valence-corrected chi connectivity index (χ3v) is 15.4. The maximum atomic E-state index is 9.82. The first-order valence-corrected chi connectivity index (χ1v) is 20.1. The lowest BCUT2D eigenvalue weighted by atomic mass is 10.1. The van der Waals surface area contributed by atoms with Gasteiger partial charge in [-0.15, -0.1) is 0 Å². The zero-order chi connectivity index (χ0) is 31.6. The molecule has 2 atom stereocenters. The molecule has 0 fully saturated rings. The SMILES string of the molecule is CO[Si](CCCCCC(SOSC(CCCCC[Si](OC)(OC)OC)c1ccc(O)cc1)c1ccc(O)cc1)(OC)OC. The molecule has 0 saturated heterocycles. The van der Waals surface area contributed by atoms with Crippen molar-refractivity contribution in [2.24, 2.45) is 0 Å². The molecule has 43 heavy (non-hydrogen) atoms. The first-order valence-electron chi connectivity index (χ1n) is 14.7. The lowest BCUT2D eigenvalue weighted by Gasteiger charge is -2.24. The molecule has 13 heteroatoms. The Bertz CT molecular complexity index is 898. The third-order valence-electron chi connectivity index (χ3n) is 7.61. The lowest BCUT2D eigenvalue weighted by molar-refractivity contribution is 0.122. The molecule has 0 aliphatic rings. The van der Waals surface area contributed by atoms with Gasteiger partial charge in [-0.1, -0.05) is 49.9 Å². The summed E-state index contributed by atoms with van der Waals surface area (Å²) in [5.41, 5.74) is 2.22. The molecular weight excluding hydrogens is 625 g/mol. The van der Waals surface area contributed by atoms with Crippen LogP contribution in [0.1, 0.15) is 73.0 Å². The van der Waals surface area contributed by atoms with Gasteiger partial charge in [0.1, 0.15) is 11.5 Å². The number of phenolic OH excluding ortho intramolecular Hbond substituents is 2. The molecule has 0 saturated carbocycles. The van der Waals surface area contributed by atoms with E-state index in [1.165, 1.54) is 24.1 Å². The normalized spacial score (nSPS) is 13.7. The van der Waals surface area contributed by atoms with Crippen LogP contribution in [-0.2, 0) is 30.2 Å². The molecule has 0 aliphatic carbocycles. The highest BCUT2D eigenvalue weighted by molar-refractivity contribution is 8.08. The third kappa shape index (κ3) is 13.0. The standard InChI is InChI=1S/C30H50O9S2Si2/c1-33-42(34-2,35-3)23-11-7-9-13-29(25-15-19-27(31)20-16-25)40-39-41-30(26-17-21-28(32)22-18-26)14-10-8-12-24-43(36-4,37-5)38-6/h15-22,29-32H,7-14,23-24H2,1-6H3. The zero-order valence-electron chi connectivity index (χ0n) is 26.4. The smallest absolute Gasteiger partial charge is 0.500 e. The fourth-order valence-electron chi connectivity index (χ4n) is 4.84. The summed E-state index contributed by atoms with van der Waals surface area (Å²) in [5, 5.41) is 19.9. The molecule has 0 spiro atoms. The highest BCUT2D eigenvalue weighted by Gasteiger charge is 2.37. The lowest BCUT2D eigenvalue weighted by Crippen LogP contribution is -2.42. The first-order chi connectivity index (χ1) is 20.8. The second-order valence-electron chi connectivity index (χ2n) is 10.2. The van der Waals surface area contributed by atoms with Crippen LogP contribution in [0.4, 0.5) is 0 Å². The molecule has 2 aromatic carbocycles. The average molecular weight is 675 g/mol. The van der Waals surface area contributed by atoms with Gasteiger partial charge in [-0.05, 0) is 61.1 Å². The monoisotopic (exact) mass is 674 g/mol. The van der Waals surface area contributed by atoms with E-state index < -0.39 is 17.6 Å². The molecule has 0 amide bonds. The number of rotatable bonds is 24. The predicted molar refractivity (Wildman–Crippen MR) is 178 cm³/mol. The quantitative estimate of drug-likeness (QED) is 0.0642. The van der Waals surface area contributed by atoms with Gasteiger partial charge in [0.25, 0.3) is 0 Å². The Kier molecular flexibility index (Phi) is 18.4. The minimum absolute atomic E-state index is 0.109. The summed E-state index contributed by atoms with van der Waals surface area (Å²) in [6.45, 7) is 0. The van der Waals surface area contributed by atoms with Crippen LogP contribution in [0.3, 0.4) is 0 Å². The topological polar surface area (TPSA) is 105 Å². The van der Waals surface area contributed by atoms with E-state index in [-0.39, 0.29) is 22.0 Å². The van der Waals surface area contributed by atoms with Crippen molar-refractivity contribution in [3.63, 3.8) is 0 Å². The van der Waals surface area contributed by atoms with Crippen LogP contribution >= 0.6 is 24.1 Å². The van der Waals surface area contributed by atoms with Gasteiger partial charge >= 0.3 is 17.6 Å². The minimum Gasteiger partial charge on any atom is -0.508 e. The Morgan fingerprint density at radius 2 is 0.837 bits per heavy atom. The second-order valence-corrected chi connectivity index (χ2v) is 18.5. The van der Waals surface area contributed by atoms with Crippen LogP contribution in [0.2, 0.25) is 12.1 Å². The van der Waals surface area contributed by atoms with Crippen molar-refractivity contribution >= 4 is 41.7 Å². The van der Waals surface area contributed by atoms with Gasteiger partial charge in [0.05, 0.1) is 10.5 Å². The second kappa shape index (κ2) is 20.8. The Morgan fingerprint density at radius 1 is 0.512 bits per heavy atom. The van der Waals surface area contributed by atoms with Gasteiger partial charge in [0.15, 0.2) is 0 Å². The van der Waals surface area contributed by atoms with Crippen molar-refractivity contribution < 1.29 is 40.4 Å².